The minimum atomic E-state index is 0.911. The van der Waals surface area contributed by atoms with Crippen molar-refractivity contribution in [1.82, 2.24) is 0 Å². The minimum absolute atomic E-state index is 0.911. The Kier molecular flexibility index (Phi) is 3.67. The maximum absolute atomic E-state index is 5.39. The van der Waals surface area contributed by atoms with Crippen LogP contribution in [0.15, 0.2) is 53.6 Å². The van der Waals surface area contributed by atoms with Gasteiger partial charge in [-0.05, 0) is 42.7 Å². The van der Waals surface area contributed by atoms with Crippen molar-refractivity contribution in [3.05, 3.63) is 53.6 Å². The van der Waals surface area contributed by atoms with E-state index in [4.69, 9.17) is 6.42 Å². The summed E-state index contributed by atoms with van der Waals surface area (Å²) in [5, 5.41) is 0. The third-order valence-corrected chi connectivity index (χ3v) is 3.15. The van der Waals surface area contributed by atoms with Crippen LogP contribution in [0.2, 0.25) is 0 Å². The Morgan fingerprint density at radius 3 is 2.65 bits per heavy atom. The molecule has 2 rings (SSSR count). The normalized spacial score (nSPS) is 20.6. The molecule has 0 aromatic heterocycles. The Labute approximate surface area is 103 Å². The zero-order valence-electron chi connectivity index (χ0n) is 10.2. The molecule has 1 aromatic rings. The SMILES string of the molecule is C#C/C=C1/CN(c2ccccc2)CC/C1=C/C. The van der Waals surface area contributed by atoms with Crippen LogP contribution in [0, 0.1) is 12.3 Å². The summed E-state index contributed by atoms with van der Waals surface area (Å²) in [6.07, 6.45) is 10.5. The number of benzene rings is 1. The molecule has 0 unspecified atom stereocenters. The van der Waals surface area contributed by atoms with E-state index in [0.717, 1.165) is 19.5 Å². The van der Waals surface area contributed by atoms with Crippen LogP contribution in [0.3, 0.4) is 0 Å². The molecule has 0 aliphatic carbocycles. The Morgan fingerprint density at radius 2 is 2.00 bits per heavy atom. The third-order valence-electron chi connectivity index (χ3n) is 3.15. The number of allylic oxidation sites excluding steroid dienone is 2. The number of piperidine rings is 1. The minimum Gasteiger partial charge on any atom is -0.367 e. The first kappa shape index (κ1) is 11.5. The molecule has 1 heterocycles. The molecule has 1 saturated heterocycles. The fourth-order valence-corrected chi connectivity index (χ4v) is 2.23. The van der Waals surface area contributed by atoms with Crippen LogP contribution in [0.1, 0.15) is 13.3 Å². The van der Waals surface area contributed by atoms with Crippen molar-refractivity contribution in [1.29, 1.82) is 0 Å². The molecule has 1 aromatic carbocycles. The zero-order valence-corrected chi connectivity index (χ0v) is 10.2. The summed E-state index contributed by atoms with van der Waals surface area (Å²) < 4.78 is 0. The van der Waals surface area contributed by atoms with Gasteiger partial charge in [-0.25, -0.2) is 0 Å². The fourth-order valence-electron chi connectivity index (χ4n) is 2.23. The lowest BCUT2D eigenvalue weighted by molar-refractivity contribution is 0.766. The molecule has 1 heteroatoms. The molecule has 86 valence electrons. The fraction of sp³-hybridized carbons (Fsp3) is 0.250. The van der Waals surface area contributed by atoms with Crippen LogP contribution in [-0.2, 0) is 0 Å². The quantitative estimate of drug-likeness (QED) is 0.659. The Bertz CT molecular complexity index is 474. The summed E-state index contributed by atoms with van der Waals surface area (Å²) in [4.78, 5) is 2.37. The van der Waals surface area contributed by atoms with Crippen LogP contribution >= 0.6 is 0 Å². The molecule has 0 amide bonds. The van der Waals surface area contributed by atoms with E-state index in [1.807, 2.05) is 12.1 Å². The average molecular weight is 223 g/mol. The van der Waals surface area contributed by atoms with Gasteiger partial charge in [0.05, 0.1) is 0 Å². The summed E-state index contributed by atoms with van der Waals surface area (Å²) in [5.41, 5.74) is 3.92. The molecule has 0 radical (unpaired) electrons. The zero-order chi connectivity index (χ0) is 12.1. The van der Waals surface area contributed by atoms with Gasteiger partial charge in [-0.1, -0.05) is 30.2 Å². The molecule has 0 N–H and O–H groups in total. The van der Waals surface area contributed by atoms with Gasteiger partial charge >= 0.3 is 0 Å². The van der Waals surface area contributed by atoms with E-state index in [0.29, 0.717) is 0 Å². The molecule has 1 aliphatic heterocycles. The van der Waals surface area contributed by atoms with Gasteiger partial charge in [0.2, 0.25) is 0 Å². The summed E-state index contributed by atoms with van der Waals surface area (Å²) in [5.74, 6) is 2.64. The number of nitrogens with zero attached hydrogens (tertiary/aromatic N) is 1. The number of rotatable bonds is 1. The molecular weight excluding hydrogens is 206 g/mol. The Morgan fingerprint density at radius 1 is 1.24 bits per heavy atom. The largest absolute Gasteiger partial charge is 0.367 e. The van der Waals surface area contributed by atoms with Crippen LogP contribution in [-0.4, -0.2) is 13.1 Å². The Hall–Kier alpha value is -1.94. The van der Waals surface area contributed by atoms with Crippen molar-refractivity contribution in [2.75, 3.05) is 18.0 Å². The third kappa shape index (κ3) is 2.60. The first-order valence-electron chi connectivity index (χ1n) is 5.96. The predicted octanol–water partition coefficient (Wildman–Crippen LogP) is 3.40. The van der Waals surface area contributed by atoms with Crippen molar-refractivity contribution in [2.45, 2.75) is 13.3 Å². The van der Waals surface area contributed by atoms with Gasteiger partial charge in [0.1, 0.15) is 0 Å². The van der Waals surface area contributed by atoms with Gasteiger partial charge in [-0.15, -0.1) is 6.42 Å². The summed E-state index contributed by atoms with van der Waals surface area (Å²) >= 11 is 0. The summed E-state index contributed by atoms with van der Waals surface area (Å²) in [6, 6.07) is 10.5. The lowest BCUT2D eigenvalue weighted by Crippen LogP contribution is -2.32. The van der Waals surface area contributed by atoms with E-state index < -0.39 is 0 Å². The molecule has 0 bridgehead atoms. The standard InChI is InChI=1S/C16H17N/c1-3-8-15-13-17(12-11-14(15)4-2)16-9-6-5-7-10-16/h1,4-10H,11-13H2,2H3/b14-4-,15-8-. The van der Waals surface area contributed by atoms with Crippen LogP contribution in [0.25, 0.3) is 0 Å². The lowest BCUT2D eigenvalue weighted by Gasteiger charge is -2.32. The van der Waals surface area contributed by atoms with Gasteiger partial charge in [0, 0.05) is 18.8 Å². The molecule has 1 nitrogen and oxygen atoms in total. The van der Waals surface area contributed by atoms with Crippen molar-refractivity contribution in [3.63, 3.8) is 0 Å². The van der Waals surface area contributed by atoms with E-state index in [1.165, 1.54) is 16.8 Å². The highest BCUT2D eigenvalue weighted by atomic mass is 15.1. The molecule has 1 aliphatic rings. The lowest BCUT2D eigenvalue weighted by atomic mass is 9.97. The van der Waals surface area contributed by atoms with E-state index in [1.54, 1.807) is 0 Å². The number of hydrogen-bond acceptors (Lipinski definition) is 1. The number of para-hydroxylation sites is 1. The molecule has 1 fully saturated rings. The maximum Gasteiger partial charge on any atom is 0.0438 e. The highest BCUT2D eigenvalue weighted by molar-refractivity contribution is 5.52. The van der Waals surface area contributed by atoms with Crippen LogP contribution in [0.5, 0.6) is 0 Å². The highest BCUT2D eigenvalue weighted by Crippen LogP contribution is 2.26. The smallest absolute Gasteiger partial charge is 0.0438 e. The van der Waals surface area contributed by atoms with Gasteiger partial charge in [0.15, 0.2) is 0 Å². The molecule has 0 atom stereocenters. The van der Waals surface area contributed by atoms with Crippen molar-refractivity contribution in [2.24, 2.45) is 0 Å². The first-order valence-corrected chi connectivity index (χ1v) is 5.96. The highest BCUT2D eigenvalue weighted by Gasteiger charge is 2.17. The second kappa shape index (κ2) is 5.41. The topological polar surface area (TPSA) is 3.24 Å². The van der Waals surface area contributed by atoms with Crippen molar-refractivity contribution < 1.29 is 0 Å². The number of terminal acetylenes is 1. The average Bonchev–Trinajstić information content (AvgIpc) is 2.40. The van der Waals surface area contributed by atoms with E-state index in [-0.39, 0.29) is 0 Å². The Balaban J connectivity index is 2.21. The molecular formula is C16H17N. The maximum atomic E-state index is 5.39. The van der Waals surface area contributed by atoms with Crippen LogP contribution in [0.4, 0.5) is 5.69 Å². The predicted molar refractivity (Wildman–Crippen MR) is 73.9 cm³/mol. The summed E-state index contributed by atoms with van der Waals surface area (Å²) in [6.45, 7) is 4.05. The van der Waals surface area contributed by atoms with E-state index >= 15 is 0 Å². The second-order valence-electron chi connectivity index (χ2n) is 4.16. The van der Waals surface area contributed by atoms with E-state index in [9.17, 15) is 0 Å². The molecule has 0 spiro atoms. The van der Waals surface area contributed by atoms with Crippen molar-refractivity contribution >= 4 is 5.69 Å². The summed E-state index contributed by atoms with van der Waals surface area (Å²) in [7, 11) is 0. The van der Waals surface area contributed by atoms with Gasteiger partial charge < -0.3 is 4.90 Å². The van der Waals surface area contributed by atoms with Crippen LogP contribution < -0.4 is 4.90 Å². The van der Waals surface area contributed by atoms with Crippen molar-refractivity contribution in [3.8, 4) is 12.3 Å². The van der Waals surface area contributed by atoms with Gasteiger partial charge in [0.25, 0.3) is 0 Å². The second-order valence-corrected chi connectivity index (χ2v) is 4.16. The van der Waals surface area contributed by atoms with Gasteiger partial charge in [-0.3, -0.25) is 0 Å². The monoisotopic (exact) mass is 223 g/mol. The first-order chi connectivity index (χ1) is 8.35. The van der Waals surface area contributed by atoms with E-state index in [2.05, 4.69) is 48.1 Å². The number of hydrogen-bond donors (Lipinski definition) is 0. The van der Waals surface area contributed by atoms with Gasteiger partial charge in [-0.2, -0.15) is 0 Å². The number of anilines is 1. The molecule has 0 saturated carbocycles. The molecule has 17 heavy (non-hydrogen) atoms.